The maximum absolute atomic E-state index is 5.33. The van der Waals surface area contributed by atoms with Gasteiger partial charge in [-0.1, -0.05) is 23.8 Å². The van der Waals surface area contributed by atoms with E-state index >= 15 is 0 Å². The van der Waals surface area contributed by atoms with E-state index in [9.17, 15) is 0 Å². The van der Waals surface area contributed by atoms with Crippen molar-refractivity contribution >= 4 is 11.8 Å². The highest BCUT2D eigenvalue weighted by atomic mass is 32.2. The van der Waals surface area contributed by atoms with Crippen LogP contribution in [0.4, 0.5) is 0 Å². The van der Waals surface area contributed by atoms with E-state index in [4.69, 9.17) is 4.52 Å². The first-order chi connectivity index (χ1) is 11.2. The van der Waals surface area contributed by atoms with Gasteiger partial charge >= 0.3 is 0 Å². The van der Waals surface area contributed by atoms with Crippen LogP contribution >= 0.6 is 11.8 Å². The maximum Gasteiger partial charge on any atom is 0.239 e. The van der Waals surface area contributed by atoms with Gasteiger partial charge in [-0.05, 0) is 25.5 Å². The molecule has 0 spiro atoms. The highest BCUT2D eigenvalue weighted by Crippen LogP contribution is 2.33. The van der Waals surface area contributed by atoms with Crippen LogP contribution in [0.5, 0.6) is 0 Å². The van der Waals surface area contributed by atoms with Gasteiger partial charge in [0.25, 0.3) is 0 Å². The van der Waals surface area contributed by atoms with Crippen LogP contribution in [0.2, 0.25) is 0 Å². The van der Waals surface area contributed by atoms with Crippen LogP contribution < -0.4 is 0 Å². The molecular weight excluding hydrogens is 312 g/mol. The average molecular weight is 330 g/mol. The lowest BCUT2D eigenvalue weighted by atomic mass is 10.2. The molecule has 23 heavy (non-hydrogen) atoms. The van der Waals surface area contributed by atoms with Gasteiger partial charge in [0.1, 0.15) is 0 Å². The molecule has 3 rings (SSSR count). The van der Waals surface area contributed by atoms with Gasteiger partial charge in [-0.2, -0.15) is 4.98 Å². The van der Waals surface area contributed by atoms with E-state index < -0.39 is 0 Å². The Balaban J connectivity index is 1.76. The molecule has 0 radical (unpaired) electrons. The molecule has 3 heterocycles. The normalized spacial score (nSPS) is 12.5. The summed E-state index contributed by atoms with van der Waals surface area (Å²) in [6.07, 6.45) is 5.32. The van der Waals surface area contributed by atoms with Crippen molar-refractivity contribution in [3.05, 3.63) is 36.2 Å². The number of aromatic nitrogens is 6. The van der Waals surface area contributed by atoms with Gasteiger partial charge in [0, 0.05) is 31.4 Å². The molecule has 0 amide bonds. The molecule has 1 atom stereocenters. The minimum absolute atomic E-state index is 0.0151. The second-order valence-corrected chi connectivity index (χ2v) is 6.47. The summed E-state index contributed by atoms with van der Waals surface area (Å²) in [6.45, 7) is 4.11. The molecular formula is C15H18N6OS. The van der Waals surface area contributed by atoms with Crippen molar-refractivity contribution < 1.29 is 4.52 Å². The average Bonchev–Trinajstić information content (AvgIpc) is 3.17. The van der Waals surface area contributed by atoms with Crippen LogP contribution in [0.3, 0.4) is 0 Å². The first kappa shape index (κ1) is 15.7. The molecule has 0 aliphatic rings. The predicted molar refractivity (Wildman–Crippen MR) is 86.8 cm³/mol. The van der Waals surface area contributed by atoms with E-state index in [2.05, 4.69) is 32.2 Å². The number of hydrogen-bond donors (Lipinski definition) is 0. The molecule has 0 aliphatic heterocycles. The first-order valence-corrected chi connectivity index (χ1v) is 8.36. The molecule has 3 aromatic heterocycles. The lowest BCUT2D eigenvalue weighted by Gasteiger charge is -2.06. The van der Waals surface area contributed by atoms with Gasteiger partial charge in [-0.3, -0.25) is 4.98 Å². The number of aryl methyl sites for hydroxylation is 1. The third-order valence-corrected chi connectivity index (χ3v) is 4.48. The van der Waals surface area contributed by atoms with Crippen LogP contribution in [-0.4, -0.2) is 29.9 Å². The van der Waals surface area contributed by atoms with E-state index in [1.807, 2.05) is 30.7 Å². The van der Waals surface area contributed by atoms with Crippen LogP contribution in [0, 0.1) is 0 Å². The van der Waals surface area contributed by atoms with Crippen molar-refractivity contribution in [3.8, 4) is 11.4 Å². The zero-order valence-corrected chi connectivity index (χ0v) is 14.1. The topological polar surface area (TPSA) is 82.5 Å². The Kier molecular flexibility index (Phi) is 4.71. The molecule has 0 aliphatic carbocycles. The van der Waals surface area contributed by atoms with Crippen molar-refractivity contribution in [2.45, 2.75) is 37.1 Å². The molecule has 0 bridgehead atoms. The Bertz CT molecular complexity index is 769. The molecule has 120 valence electrons. The number of hydrogen-bond acceptors (Lipinski definition) is 7. The molecule has 0 saturated heterocycles. The summed E-state index contributed by atoms with van der Waals surface area (Å²) in [5.74, 6) is 2.18. The van der Waals surface area contributed by atoms with Gasteiger partial charge in [0.2, 0.25) is 5.89 Å². The quantitative estimate of drug-likeness (QED) is 0.642. The minimum atomic E-state index is 0.0151. The van der Waals surface area contributed by atoms with Crippen molar-refractivity contribution in [3.63, 3.8) is 0 Å². The lowest BCUT2D eigenvalue weighted by molar-refractivity contribution is 0.374. The van der Waals surface area contributed by atoms with Crippen molar-refractivity contribution in [1.29, 1.82) is 0 Å². The van der Waals surface area contributed by atoms with E-state index in [0.717, 1.165) is 35.2 Å². The van der Waals surface area contributed by atoms with Gasteiger partial charge in [0.05, 0.1) is 5.25 Å². The summed E-state index contributed by atoms with van der Waals surface area (Å²) >= 11 is 1.55. The second-order valence-electron chi connectivity index (χ2n) is 5.16. The maximum atomic E-state index is 5.33. The molecule has 0 N–H and O–H groups in total. The number of pyridine rings is 1. The highest BCUT2D eigenvalue weighted by Gasteiger charge is 2.19. The molecule has 7 nitrogen and oxygen atoms in total. The highest BCUT2D eigenvalue weighted by molar-refractivity contribution is 7.99. The van der Waals surface area contributed by atoms with E-state index in [0.29, 0.717) is 5.89 Å². The predicted octanol–water partition coefficient (Wildman–Crippen LogP) is 3.07. The van der Waals surface area contributed by atoms with E-state index in [1.54, 1.807) is 24.2 Å². The lowest BCUT2D eigenvalue weighted by Crippen LogP contribution is -1.97. The molecule has 0 fully saturated rings. The fourth-order valence-corrected chi connectivity index (χ4v) is 2.98. The largest absolute Gasteiger partial charge is 0.338 e. The van der Waals surface area contributed by atoms with Crippen LogP contribution in [0.1, 0.15) is 37.2 Å². The number of nitrogens with zero attached hydrogens (tertiary/aromatic N) is 6. The molecule has 3 aromatic rings. The Labute approximate surface area is 138 Å². The zero-order chi connectivity index (χ0) is 16.2. The van der Waals surface area contributed by atoms with Crippen molar-refractivity contribution in [1.82, 2.24) is 29.9 Å². The van der Waals surface area contributed by atoms with E-state index in [1.165, 1.54) is 0 Å². The molecule has 0 saturated carbocycles. The third-order valence-electron chi connectivity index (χ3n) is 3.36. The monoisotopic (exact) mass is 330 g/mol. The standard InChI is InChI=1S/C15H18N6OS/c1-4-5-12-17-14(22-20-12)10(2)23-15-19-18-13(21(15)3)11-6-8-16-9-7-11/h6-10H,4-5H2,1-3H3. The zero-order valence-electron chi connectivity index (χ0n) is 13.3. The summed E-state index contributed by atoms with van der Waals surface area (Å²) in [5, 5.41) is 13.3. The summed E-state index contributed by atoms with van der Waals surface area (Å²) in [6, 6.07) is 3.83. The Hall–Kier alpha value is -2.22. The fourth-order valence-electron chi connectivity index (χ4n) is 2.14. The number of thioether (sulfide) groups is 1. The molecule has 8 heteroatoms. The van der Waals surface area contributed by atoms with Gasteiger partial charge < -0.3 is 9.09 Å². The minimum Gasteiger partial charge on any atom is -0.338 e. The van der Waals surface area contributed by atoms with Gasteiger partial charge in [-0.25, -0.2) is 0 Å². The second kappa shape index (κ2) is 6.91. The Morgan fingerprint density at radius 1 is 1.26 bits per heavy atom. The van der Waals surface area contributed by atoms with Gasteiger partial charge in [-0.15, -0.1) is 10.2 Å². The van der Waals surface area contributed by atoms with E-state index in [-0.39, 0.29) is 5.25 Å². The summed E-state index contributed by atoms with van der Waals surface area (Å²) in [4.78, 5) is 8.45. The third kappa shape index (κ3) is 3.42. The fraction of sp³-hybridized carbons (Fsp3) is 0.400. The Morgan fingerprint density at radius 2 is 2.04 bits per heavy atom. The van der Waals surface area contributed by atoms with Crippen molar-refractivity contribution in [2.24, 2.45) is 7.05 Å². The van der Waals surface area contributed by atoms with Crippen LogP contribution in [-0.2, 0) is 13.5 Å². The molecule has 1 unspecified atom stereocenters. The Morgan fingerprint density at radius 3 is 2.78 bits per heavy atom. The summed E-state index contributed by atoms with van der Waals surface area (Å²) in [5.41, 5.74) is 0.984. The summed E-state index contributed by atoms with van der Waals surface area (Å²) < 4.78 is 7.29. The first-order valence-electron chi connectivity index (χ1n) is 7.48. The summed E-state index contributed by atoms with van der Waals surface area (Å²) in [7, 11) is 1.95. The smallest absolute Gasteiger partial charge is 0.239 e. The van der Waals surface area contributed by atoms with Crippen molar-refractivity contribution in [2.75, 3.05) is 0 Å². The SMILES string of the molecule is CCCc1noc(C(C)Sc2nnc(-c3ccncc3)n2C)n1. The number of rotatable bonds is 6. The van der Waals surface area contributed by atoms with Gasteiger partial charge in [0.15, 0.2) is 16.8 Å². The van der Waals surface area contributed by atoms with Crippen LogP contribution in [0.15, 0.2) is 34.2 Å². The molecule has 0 aromatic carbocycles. The van der Waals surface area contributed by atoms with Crippen LogP contribution in [0.25, 0.3) is 11.4 Å².